The summed E-state index contributed by atoms with van der Waals surface area (Å²) >= 11 is 11.0. The Balaban J connectivity index is 2.41. The molecule has 0 bridgehead atoms. The Morgan fingerprint density at radius 2 is 2.27 bits per heavy atom. The molecule has 1 atom stereocenters. The van der Waals surface area contributed by atoms with Crippen LogP contribution in [0.2, 0.25) is 5.02 Å². The highest BCUT2D eigenvalue weighted by Gasteiger charge is 2.14. The Morgan fingerprint density at radius 3 is 2.93 bits per heavy atom. The van der Waals surface area contributed by atoms with Crippen LogP contribution in [0.25, 0.3) is 0 Å². The van der Waals surface area contributed by atoms with Gasteiger partial charge in [0, 0.05) is 21.1 Å². The second-order valence-electron chi connectivity index (χ2n) is 3.01. The van der Waals surface area contributed by atoms with Crippen LogP contribution in [-0.4, -0.2) is 4.98 Å². The molecule has 1 aromatic heterocycles. The highest BCUT2D eigenvalue weighted by molar-refractivity contribution is 9.10. The number of halogens is 2. The summed E-state index contributed by atoms with van der Waals surface area (Å²) in [5, 5.41) is 3.44. The Bertz CT molecular complexity index is 458. The summed E-state index contributed by atoms with van der Waals surface area (Å²) in [4.78, 5) is 4.18. The van der Waals surface area contributed by atoms with E-state index in [1.54, 1.807) is 6.20 Å². The first kappa shape index (κ1) is 11.1. The van der Waals surface area contributed by atoms with Gasteiger partial charge >= 0.3 is 0 Å². The number of hydrogen-bond donors (Lipinski definition) is 1. The van der Waals surface area contributed by atoms with Gasteiger partial charge in [0.2, 0.25) is 0 Å². The maximum Gasteiger partial charge on any atom is 0.114 e. The molecule has 0 aliphatic heterocycles. The highest BCUT2D eigenvalue weighted by Crippen LogP contribution is 2.29. The quantitative estimate of drug-likeness (QED) is 0.920. The van der Waals surface area contributed by atoms with Gasteiger partial charge in [-0.2, -0.15) is 0 Å². The molecule has 2 aromatic rings. The van der Waals surface area contributed by atoms with E-state index in [1.807, 2.05) is 23.6 Å². The smallest absolute Gasteiger partial charge is 0.114 e. The Labute approximate surface area is 105 Å². The molecule has 0 amide bonds. The van der Waals surface area contributed by atoms with Gasteiger partial charge < -0.3 is 5.73 Å². The molecule has 2 N–H and O–H groups in total. The fourth-order valence-electron chi connectivity index (χ4n) is 1.27. The largest absolute Gasteiger partial charge is 0.318 e. The number of nitrogens with two attached hydrogens (primary N) is 1. The van der Waals surface area contributed by atoms with Crippen LogP contribution < -0.4 is 5.73 Å². The number of benzene rings is 1. The van der Waals surface area contributed by atoms with E-state index < -0.39 is 0 Å². The van der Waals surface area contributed by atoms with Crippen molar-refractivity contribution in [1.82, 2.24) is 4.98 Å². The fourth-order valence-corrected chi connectivity index (χ4v) is 2.54. The third-order valence-corrected chi connectivity index (χ3v) is 3.71. The van der Waals surface area contributed by atoms with Crippen molar-refractivity contribution in [3.8, 4) is 0 Å². The Hall–Kier alpha value is -0.420. The third kappa shape index (κ3) is 2.39. The zero-order chi connectivity index (χ0) is 10.8. The Morgan fingerprint density at radius 1 is 1.47 bits per heavy atom. The minimum Gasteiger partial charge on any atom is -0.318 e. The normalized spacial score (nSPS) is 12.7. The molecule has 15 heavy (non-hydrogen) atoms. The molecule has 0 fully saturated rings. The first-order valence-corrected chi connectivity index (χ1v) is 6.33. The van der Waals surface area contributed by atoms with Gasteiger partial charge in [-0.1, -0.05) is 27.5 Å². The molecule has 5 heteroatoms. The van der Waals surface area contributed by atoms with Crippen molar-refractivity contribution in [3.05, 3.63) is 49.8 Å². The standard InChI is InChI=1S/C10H8BrClN2S/c11-6-1-2-8(12)7(5-6)9(13)10-14-3-4-15-10/h1-5,9H,13H2. The monoisotopic (exact) mass is 302 g/mol. The van der Waals surface area contributed by atoms with Gasteiger partial charge in [-0.05, 0) is 23.8 Å². The molecular weight excluding hydrogens is 296 g/mol. The lowest BCUT2D eigenvalue weighted by Gasteiger charge is -2.11. The number of aromatic nitrogens is 1. The van der Waals surface area contributed by atoms with Crippen LogP contribution in [0.1, 0.15) is 16.6 Å². The summed E-state index contributed by atoms with van der Waals surface area (Å²) in [6, 6.07) is 5.39. The minimum atomic E-state index is -0.255. The van der Waals surface area contributed by atoms with Crippen molar-refractivity contribution in [2.75, 3.05) is 0 Å². The molecule has 2 rings (SSSR count). The van der Waals surface area contributed by atoms with E-state index in [2.05, 4.69) is 20.9 Å². The maximum absolute atomic E-state index is 6.08. The van der Waals surface area contributed by atoms with Crippen LogP contribution in [0.15, 0.2) is 34.2 Å². The van der Waals surface area contributed by atoms with Crippen molar-refractivity contribution in [1.29, 1.82) is 0 Å². The van der Waals surface area contributed by atoms with E-state index in [0.717, 1.165) is 15.0 Å². The number of thiazole rings is 1. The van der Waals surface area contributed by atoms with E-state index in [1.165, 1.54) is 11.3 Å². The second-order valence-corrected chi connectivity index (χ2v) is 5.26. The molecule has 0 aliphatic carbocycles. The van der Waals surface area contributed by atoms with Crippen LogP contribution in [0.5, 0.6) is 0 Å². The van der Waals surface area contributed by atoms with Gasteiger partial charge in [-0.25, -0.2) is 4.98 Å². The molecule has 0 spiro atoms. The molecule has 78 valence electrons. The van der Waals surface area contributed by atoms with E-state index in [-0.39, 0.29) is 6.04 Å². The lowest BCUT2D eigenvalue weighted by atomic mass is 10.1. The van der Waals surface area contributed by atoms with E-state index in [4.69, 9.17) is 17.3 Å². The average molecular weight is 304 g/mol. The fraction of sp³-hybridized carbons (Fsp3) is 0.100. The van der Waals surface area contributed by atoms with Gasteiger partial charge in [-0.15, -0.1) is 11.3 Å². The van der Waals surface area contributed by atoms with Crippen LogP contribution in [0.3, 0.4) is 0 Å². The number of rotatable bonds is 2. The summed E-state index contributed by atoms with van der Waals surface area (Å²) in [5.74, 6) is 0. The highest BCUT2D eigenvalue weighted by atomic mass is 79.9. The summed E-state index contributed by atoms with van der Waals surface area (Å²) in [5.41, 5.74) is 6.96. The SMILES string of the molecule is NC(c1nccs1)c1cc(Br)ccc1Cl. The minimum absolute atomic E-state index is 0.255. The van der Waals surface area contributed by atoms with Crippen molar-refractivity contribution < 1.29 is 0 Å². The van der Waals surface area contributed by atoms with Gasteiger partial charge in [0.15, 0.2) is 0 Å². The first-order chi connectivity index (χ1) is 7.18. The molecule has 2 nitrogen and oxygen atoms in total. The Kier molecular flexibility index (Phi) is 3.41. The summed E-state index contributed by atoms with van der Waals surface area (Å²) in [6.07, 6.45) is 1.74. The van der Waals surface area contributed by atoms with Crippen LogP contribution in [0.4, 0.5) is 0 Å². The zero-order valence-corrected chi connectivity index (χ0v) is 10.8. The lowest BCUT2D eigenvalue weighted by molar-refractivity contribution is 0.857. The molecular formula is C10H8BrClN2S. The summed E-state index contributed by atoms with van der Waals surface area (Å²) in [6.45, 7) is 0. The molecule has 1 aromatic carbocycles. The topological polar surface area (TPSA) is 38.9 Å². The third-order valence-electron chi connectivity index (χ3n) is 2.01. The molecule has 0 saturated heterocycles. The molecule has 0 aliphatic rings. The lowest BCUT2D eigenvalue weighted by Crippen LogP contribution is -2.11. The summed E-state index contributed by atoms with van der Waals surface area (Å²) < 4.78 is 0.967. The van der Waals surface area contributed by atoms with E-state index in [9.17, 15) is 0 Å². The average Bonchev–Trinajstić information content (AvgIpc) is 2.74. The zero-order valence-electron chi connectivity index (χ0n) is 7.65. The van der Waals surface area contributed by atoms with Crippen molar-refractivity contribution in [2.45, 2.75) is 6.04 Å². The maximum atomic E-state index is 6.08. The van der Waals surface area contributed by atoms with Gasteiger partial charge in [0.1, 0.15) is 5.01 Å². The predicted molar refractivity (Wildman–Crippen MR) is 67.3 cm³/mol. The summed E-state index contributed by atoms with van der Waals surface area (Å²) in [7, 11) is 0. The number of nitrogens with zero attached hydrogens (tertiary/aromatic N) is 1. The molecule has 1 heterocycles. The van der Waals surface area contributed by atoms with Gasteiger partial charge in [0.05, 0.1) is 6.04 Å². The predicted octanol–water partition coefficient (Wildman–Crippen LogP) is 3.61. The number of hydrogen-bond acceptors (Lipinski definition) is 3. The van der Waals surface area contributed by atoms with Gasteiger partial charge in [0.25, 0.3) is 0 Å². The van der Waals surface area contributed by atoms with Crippen molar-refractivity contribution in [2.24, 2.45) is 5.73 Å². The van der Waals surface area contributed by atoms with Crippen LogP contribution >= 0.6 is 38.9 Å². The molecule has 0 radical (unpaired) electrons. The van der Waals surface area contributed by atoms with E-state index in [0.29, 0.717) is 5.02 Å². The van der Waals surface area contributed by atoms with Crippen LogP contribution in [-0.2, 0) is 0 Å². The first-order valence-electron chi connectivity index (χ1n) is 4.28. The van der Waals surface area contributed by atoms with Crippen molar-refractivity contribution in [3.63, 3.8) is 0 Å². The van der Waals surface area contributed by atoms with Crippen LogP contribution in [0, 0.1) is 0 Å². The second kappa shape index (κ2) is 4.61. The molecule has 1 unspecified atom stereocenters. The van der Waals surface area contributed by atoms with Gasteiger partial charge in [-0.3, -0.25) is 0 Å². The van der Waals surface area contributed by atoms with E-state index >= 15 is 0 Å². The van der Waals surface area contributed by atoms with Crippen molar-refractivity contribution >= 4 is 38.9 Å². The molecule has 0 saturated carbocycles.